The van der Waals surface area contributed by atoms with Gasteiger partial charge in [0.1, 0.15) is 12.2 Å². The summed E-state index contributed by atoms with van der Waals surface area (Å²) in [7, 11) is -4.12. The molecule has 1 aliphatic rings. The minimum atomic E-state index is -4.12. The van der Waals surface area contributed by atoms with Crippen molar-refractivity contribution in [2.45, 2.75) is 43.1 Å². The number of tetrazole rings is 1. The highest BCUT2D eigenvalue weighted by Crippen LogP contribution is 2.30. The van der Waals surface area contributed by atoms with E-state index >= 15 is 0 Å². The Morgan fingerprint density at radius 2 is 1.66 bits per heavy atom. The number of carbonyl (C=O) groups is 1. The molecule has 13 nitrogen and oxygen atoms in total. The molecule has 0 unspecified atom stereocenters. The van der Waals surface area contributed by atoms with Crippen LogP contribution in [0.3, 0.4) is 0 Å². The van der Waals surface area contributed by atoms with Gasteiger partial charge in [-0.3, -0.25) is 10.1 Å². The second kappa shape index (κ2) is 11.9. The third kappa shape index (κ3) is 6.29. The van der Waals surface area contributed by atoms with E-state index in [0.717, 1.165) is 10.2 Å². The Balaban J connectivity index is 1.39. The molecule has 0 amide bonds. The zero-order valence-corrected chi connectivity index (χ0v) is 22.5. The molecular weight excluding hydrogens is 554 g/mol. The Morgan fingerprint density at radius 3 is 2.32 bits per heavy atom. The predicted molar refractivity (Wildman–Crippen MR) is 143 cm³/mol. The van der Waals surface area contributed by atoms with Crippen LogP contribution >= 0.6 is 0 Å². The van der Waals surface area contributed by atoms with Crippen LogP contribution in [0.1, 0.15) is 22.8 Å². The summed E-state index contributed by atoms with van der Waals surface area (Å²) >= 11 is 0. The van der Waals surface area contributed by atoms with Crippen LogP contribution in [-0.2, 0) is 30.7 Å². The molecule has 0 bridgehead atoms. The number of esters is 1. The van der Waals surface area contributed by atoms with Gasteiger partial charge >= 0.3 is 5.97 Å². The fourth-order valence-electron chi connectivity index (χ4n) is 4.48. The summed E-state index contributed by atoms with van der Waals surface area (Å²) in [6.07, 6.45) is -3.72. The first kappa shape index (κ1) is 28.0. The number of hydrogen-bond acceptors (Lipinski definition) is 11. The number of benzene rings is 3. The number of rotatable bonds is 10. The molecule has 0 aliphatic carbocycles. The molecule has 1 aliphatic heterocycles. The van der Waals surface area contributed by atoms with E-state index in [-0.39, 0.29) is 23.0 Å². The van der Waals surface area contributed by atoms with Crippen LogP contribution < -0.4 is 0 Å². The van der Waals surface area contributed by atoms with Gasteiger partial charge in [-0.1, -0.05) is 53.6 Å². The molecule has 4 aromatic rings. The molecule has 5 rings (SSSR count). The smallest absolute Gasteiger partial charge is 0.338 e. The molecule has 212 valence electrons. The van der Waals surface area contributed by atoms with Gasteiger partial charge in [-0.25, -0.2) is 13.2 Å². The van der Waals surface area contributed by atoms with Crippen LogP contribution in [0.15, 0.2) is 90.1 Å². The first-order valence-corrected chi connectivity index (χ1v) is 14.2. The number of para-hydroxylation sites is 1. The van der Waals surface area contributed by atoms with E-state index in [4.69, 9.17) is 14.2 Å². The molecule has 0 radical (unpaired) electrons. The number of carbonyl (C=O) groups excluding carboxylic acids is 1. The van der Waals surface area contributed by atoms with Gasteiger partial charge in [0.15, 0.2) is 6.10 Å². The van der Waals surface area contributed by atoms with Gasteiger partial charge in [0.2, 0.25) is 9.84 Å². The molecule has 3 aromatic carbocycles. The summed E-state index contributed by atoms with van der Waals surface area (Å²) < 4.78 is 46.1. The zero-order chi connectivity index (χ0) is 29.0. The van der Waals surface area contributed by atoms with Crippen LogP contribution in [-0.4, -0.2) is 69.7 Å². The molecular formula is C27H25N5O8S. The number of ether oxygens (including phenoxy) is 3. The normalized spacial score (nSPS) is 20.5. The third-order valence-electron chi connectivity index (χ3n) is 6.49. The lowest BCUT2D eigenvalue weighted by Crippen LogP contribution is -2.41. The molecule has 1 aromatic heterocycles. The molecule has 0 spiro atoms. The van der Waals surface area contributed by atoms with Crippen molar-refractivity contribution in [2.24, 2.45) is 0 Å². The maximum Gasteiger partial charge on any atom is 0.338 e. The molecule has 41 heavy (non-hydrogen) atoms. The minimum Gasteiger partial charge on any atom is -0.453 e. The van der Waals surface area contributed by atoms with Crippen molar-refractivity contribution in [1.82, 2.24) is 20.2 Å². The number of nitro benzene ring substituents is 1. The van der Waals surface area contributed by atoms with E-state index in [9.17, 15) is 23.3 Å². The van der Waals surface area contributed by atoms with E-state index in [1.165, 1.54) is 24.3 Å². The van der Waals surface area contributed by atoms with Crippen molar-refractivity contribution in [2.75, 3.05) is 5.75 Å². The number of nitro groups is 1. The summed E-state index contributed by atoms with van der Waals surface area (Å²) in [4.78, 5) is 23.4. The van der Waals surface area contributed by atoms with Gasteiger partial charge in [0, 0.05) is 12.1 Å². The fraction of sp³-hybridized carbons (Fsp3) is 0.259. The summed E-state index contributed by atoms with van der Waals surface area (Å²) in [5, 5.41) is 21.7. The van der Waals surface area contributed by atoms with E-state index in [1.807, 2.05) is 30.3 Å². The number of aromatic nitrogens is 4. The lowest BCUT2D eigenvalue weighted by molar-refractivity contribution is -0.384. The van der Waals surface area contributed by atoms with E-state index in [0.29, 0.717) is 5.69 Å². The Bertz CT molecular complexity index is 1610. The highest BCUT2D eigenvalue weighted by atomic mass is 32.2. The maximum atomic E-state index is 13.5. The summed E-state index contributed by atoms with van der Waals surface area (Å²) in [5.74, 6) is -1.31. The first-order valence-electron chi connectivity index (χ1n) is 12.6. The maximum absolute atomic E-state index is 13.5. The lowest BCUT2D eigenvalue weighted by Gasteiger charge is -2.24. The van der Waals surface area contributed by atoms with Gasteiger partial charge in [-0.05, 0) is 47.2 Å². The van der Waals surface area contributed by atoms with Crippen molar-refractivity contribution < 1.29 is 32.3 Å². The number of hydrogen-bond donors (Lipinski definition) is 0. The zero-order valence-electron chi connectivity index (χ0n) is 21.7. The Hall–Kier alpha value is -4.53. The first-order chi connectivity index (χ1) is 19.7. The minimum absolute atomic E-state index is 0.0859. The number of non-ortho nitro benzene ring substituents is 1. The molecule has 0 N–H and O–H groups in total. The van der Waals surface area contributed by atoms with Gasteiger partial charge in [-0.2, -0.15) is 4.68 Å². The topological polar surface area (TPSA) is 166 Å². The molecule has 1 fully saturated rings. The highest BCUT2D eigenvalue weighted by molar-refractivity contribution is 7.91. The second-order valence-electron chi connectivity index (χ2n) is 9.31. The quantitative estimate of drug-likeness (QED) is 0.154. The van der Waals surface area contributed by atoms with Crippen LogP contribution in [0.2, 0.25) is 0 Å². The monoisotopic (exact) mass is 579 g/mol. The summed E-state index contributed by atoms with van der Waals surface area (Å²) in [6, 6.07) is 22.8. The Kier molecular flexibility index (Phi) is 8.14. The van der Waals surface area contributed by atoms with Crippen LogP contribution in [0.25, 0.3) is 5.69 Å². The SMILES string of the molecule is C[C@@H]1O[C@H](CS(=O)(=O)c2nnnn2-c2ccccc2)[C@@H](OCc2ccccc2)[C@H]1OC(=O)c1ccc([N+](=O)[O-])cc1. The highest BCUT2D eigenvalue weighted by Gasteiger charge is 2.48. The van der Waals surface area contributed by atoms with Crippen molar-refractivity contribution in [3.05, 3.63) is 106 Å². The van der Waals surface area contributed by atoms with E-state index in [2.05, 4.69) is 15.5 Å². The molecule has 2 heterocycles. The molecule has 4 atom stereocenters. The van der Waals surface area contributed by atoms with Gasteiger partial charge in [-0.15, -0.1) is 0 Å². The third-order valence-corrected chi connectivity index (χ3v) is 8.07. The Morgan fingerprint density at radius 1 is 1.00 bits per heavy atom. The van der Waals surface area contributed by atoms with Crippen molar-refractivity contribution in [1.29, 1.82) is 0 Å². The predicted octanol–water partition coefficient (Wildman–Crippen LogP) is 2.94. The summed E-state index contributed by atoms with van der Waals surface area (Å²) in [6.45, 7) is 1.75. The number of nitrogens with zero attached hydrogens (tertiary/aromatic N) is 5. The van der Waals surface area contributed by atoms with E-state index in [1.54, 1.807) is 37.3 Å². The van der Waals surface area contributed by atoms with Gasteiger partial charge in [0.05, 0.1) is 34.6 Å². The van der Waals surface area contributed by atoms with Crippen molar-refractivity contribution in [3.8, 4) is 5.69 Å². The van der Waals surface area contributed by atoms with Gasteiger partial charge < -0.3 is 14.2 Å². The van der Waals surface area contributed by atoms with Crippen LogP contribution in [0.4, 0.5) is 5.69 Å². The molecule has 1 saturated heterocycles. The fourth-order valence-corrected chi connectivity index (χ4v) is 5.90. The largest absolute Gasteiger partial charge is 0.453 e. The average Bonchev–Trinajstić information content (AvgIpc) is 3.58. The molecule has 0 saturated carbocycles. The van der Waals surface area contributed by atoms with Crippen molar-refractivity contribution >= 4 is 21.5 Å². The van der Waals surface area contributed by atoms with Gasteiger partial charge in [0.25, 0.3) is 10.8 Å². The van der Waals surface area contributed by atoms with E-state index < -0.39 is 50.9 Å². The van der Waals surface area contributed by atoms with Crippen LogP contribution in [0.5, 0.6) is 0 Å². The van der Waals surface area contributed by atoms with Crippen LogP contribution in [0, 0.1) is 10.1 Å². The standard InChI is InChI=1S/C27H25N5O8S/c1-18-24(40-26(33)20-12-14-22(15-13-20)32(34)35)25(38-16-19-8-4-2-5-9-19)23(39-18)17-41(36,37)27-28-29-30-31(27)21-10-6-3-7-11-21/h2-15,18,23-25H,16-17H2,1H3/t18-,23+,24-,25+/m0/s1. The second-order valence-corrected chi connectivity index (χ2v) is 11.2. The van der Waals surface area contributed by atoms with Crippen molar-refractivity contribution in [3.63, 3.8) is 0 Å². The number of sulfone groups is 1. The average molecular weight is 580 g/mol. The lowest BCUT2D eigenvalue weighted by atomic mass is 10.1. The summed E-state index contributed by atoms with van der Waals surface area (Å²) in [5.41, 5.74) is 1.19. The molecule has 14 heteroatoms. The Labute approximate surface area is 234 Å².